The first-order valence-corrected chi connectivity index (χ1v) is 10.4. The molecule has 0 aliphatic rings. The summed E-state index contributed by atoms with van der Waals surface area (Å²) < 4.78 is 33.8. The van der Waals surface area contributed by atoms with Gasteiger partial charge in [-0.3, -0.25) is 4.79 Å². The van der Waals surface area contributed by atoms with Gasteiger partial charge < -0.3 is 9.47 Å². The lowest BCUT2D eigenvalue weighted by Crippen LogP contribution is -2.24. The highest BCUT2D eigenvalue weighted by atomic mass is 35.5. The molecule has 0 amide bonds. The van der Waals surface area contributed by atoms with Crippen LogP contribution in [-0.4, -0.2) is 39.1 Å². The van der Waals surface area contributed by atoms with Crippen molar-refractivity contribution in [1.29, 1.82) is 0 Å². The second-order valence-electron chi connectivity index (χ2n) is 5.78. The van der Waals surface area contributed by atoms with E-state index < -0.39 is 27.7 Å². The molecule has 0 spiro atoms. The highest BCUT2D eigenvalue weighted by molar-refractivity contribution is 7.90. The third-order valence-electron chi connectivity index (χ3n) is 3.69. The van der Waals surface area contributed by atoms with Crippen molar-refractivity contribution in [2.75, 3.05) is 12.9 Å². The van der Waals surface area contributed by atoms with Crippen molar-refractivity contribution in [2.24, 2.45) is 0 Å². The van der Waals surface area contributed by atoms with Gasteiger partial charge in [0.2, 0.25) is 5.78 Å². The Morgan fingerprint density at radius 1 is 1.11 bits per heavy atom. The van der Waals surface area contributed by atoms with Gasteiger partial charge in [-0.15, -0.1) is 0 Å². The number of benzene rings is 2. The molecule has 0 heterocycles. The number of hydrogen-bond acceptors (Lipinski definition) is 6. The second-order valence-corrected chi connectivity index (χ2v) is 8.21. The number of carbonyl (C=O) groups excluding carboxylic acids is 2. The molecule has 0 saturated heterocycles. The van der Waals surface area contributed by atoms with Crippen LogP contribution in [0.5, 0.6) is 5.75 Å². The maximum atomic E-state index is 12.4. The number of rotatable bonds is 7. The molecule has 1 atom stereocenters. The van der Waals surface area contributed by atoms with Crippen molar-refractivity contribution in [3.63, 3.8) is 0 Å². The average molecular weight is 411 g/mol. The largest absolute Gasteiger partial charge is 0.494 e. The van der Waals surface area contributed by atoms with E-state index in [0.717, 1.165) is 12.3 Å². The number of Topliss-reactive ketones (excluding diaryl/α,β-unsaturated/α-hetero) is 1. The van der Waals surface area contributed by atoms with E-state index in [-0.39, 0.29) is 15.5 Å². The summed E-state index contributed by atoms with van der Waals surface area (Å²) in [6.07, 6.45) is -0.0583. The molecule has 6 nitrogen and oxygen atoms in total. The monoisotopic (exact) mass is 410 g/mol. The van der Waals surface area contributed by atoms with Gasteiger partial charge in [-0.05, 0) is 56.3 Å². The van der Waals surface area contributed by atoms with E-state index in [1.54, 1.807) is 24.3 Å². The van der Waals surface area contributed by atoms with Gasteiger partial charge in [0.05, 0.1) is 22.1 Å². The summed E-state index contributed by atoms with van der Waals surface area (Å²) >= 11 is 5.97. The summed E-state index contributed by atoms with van der Waals surface area (Å²) in [5, 5.41) is 0.0353. The predicted octanol–water partition coefficient (Wildman–Crippen LogP) is 3.57. The van der Waals surface area contributed by atoms with Crippen molar-refractivity contribution >= 4 is 33.2 Å². The molecule has 0 radical (unpaired) electrons. The van der Waals surface area contributed by atoms with Crippen LogP contribution in [0, 0.1) is 0 Å². The molecule has 2 aromatic carbocycles. The molecule has 0 aliphatic heterocycles. The van der Waals surface area contributed by atoms with Crippen LogP contribution in [0.15, 0.2) is 47.4 Å². The Morgan fingerprint density at radius 2 is 1.74 bits per heavy atom. The number of halogens is 1. The SMILES string of the molecule is CCOc1ccc(C(=O)[C@@H](C)OC(=O)c2cc(S(C)(=O)=O)ccc2Cl)cc1. The molecular formula is C19H19ClO6S. The first-order valence-electron chi connectivity index (χ1n) is 8.11. The number of hydrogen-bond donors (Lipinski definition) is 0. The second kappa shape index (κ2) is 8.54. The van der Waals surface area contributed by atoms with Crippen LogP contribution < -0.4 is 4.74 Å². The number of ether oxygens (including phenoxy) is 2. The van der Waals surface area contributed by atoms with Crippen LogP contribution in [0.2, 0.25) is 5.02 Å². The van der Waals surface area contributed by atoms with Gasteiger partial charge in [0.15, 0.2) is 15.9 Å². The van der Waals surface area contributed by atoms with E-state index in [0.29, 0.717) is 17.9 Å². The summed E-state index contributed by atoms with van der Waals surface area (Å²) in [5.41, 5.74) is 0.237. The molecule has 2 rings (SSSR count). The van der Waals surface area contributed by atoms with Gasteiger partial charge in [0.1, 0.15) is 5.75 Å². The highest BCUT2D eigenvalue weighted by Gasteiger charge is 2.23. The molecule has 0 unspecified atom stereocenters. The highest BCUT2D eigenvalue weighted by Crippen LogP contribution is 2.22. The molecular weight excluding hydrogens is 392 g/mol. The summed E-state index contributed by atoms with van der Waals surface area (Å²) in [6.45, 7) is 3.80. The lowest BCUT2D eigenvalue weighted by Gasteiger charge is -2.14. The zero-order valence-corrected chi connectivity index (χ0v) is 16.6. The molecule has 0 aromatic heterocycles. The quantitative estimate of drug-likeness (QED) is 0.512. The maximum absolute atomic E-state index is 12.4. The number of esters is 1. The molecule has 0 fully saturated rings. The van der Waals surface area contributed by atoms with Gasteiger partial charge in [-0.1, -0.05) is 11.6 Å². The molecule has 0 aliphatic carbocycles. The van der Waals surface area contributed by atoms with Crippen molar-refractivity contribution < 1.29 is 27.5 Å². The number of carbonyl (C=O) groups is 2. The van der Waals surface area contributed by atoms with Crippen molar-refractivity contribution in [3.8, 4) is 5.75 Å². The Balaban J connectivity index is 2.16. The van der Waals surface area contributed by atoms with Gasteiger partial charge in [-0.2, -0.15) is 0 Å². The molecule has 8 heteroatoms. The number of ketones is 1. The van der Waals surface area contributed by atoms with Crippen LogP contribution in [0.3, 0.4) is 0 Å². The van der Waals surface area contributed by atoms with E-state index in [9.17, 15) is 18.0 Å². The van der Waals surface area contributed by atoms with E-state index in [1.807, 2.05) is 6.92 Å². The van der Waals surface area contributed by atoms with Crippen LogP contribution in [-0.2, 0) is 14.6 Å². The van der Waals surface area contributed by atoms with E-state index in [4.69, 9.17) is 21.1 Å². The van der Waals surface area contributed by atoms with Crippen LogP contribution in [0.1, 0.15) is 34.6 Å². The normalized spacial score (nSPS) is 12.3. The van der Waals surface area contributed by atoms with Gasteiger partial charge in [0, 0.05) is 11.8 Å². The third kappa shape index (κ3) is 5.30. The average Bonchev–Trinajstić information content (AvgIpc) is 2.61. The van der Waals surface area contributed by atoms with Crippen molar-refractivity contribution in [1.82, 2.24) is 0 Å². The van der Waals surface area contributed by atoms with Gasteiger partial charge >= 0.3 is 5.97 Å². The third-order valence-corrected chi connectivity index (χ3v) is 5.13. The molecule has 0 N–H and O–H groups in total. The number of sulfone groups is 1. The minimum Gasteiger partial charge on any atom is -0.494 e. The minimum absolute atomic E-state index is 0.0353. The first kappa shape index (κ1) is 20.9. The van der Waals surface area contributed by atoms with Crippen LogP contribution in [0.25, 0.3) is 0 Å². The minimum atomic E-state index is -3.52. The predicted molar refractivity (Wildman–Crippen MR) is 101 cm³/mol. The standard InChI is InChI=1S/C19H19ClO6S/c1-4-25-14-7-5-13(6-8-14)18(21)12(2)26-19(22)16-11-15(27(3,23)24)9-10-17(16)20/h5-12H,4H2,1-3H3/t12-/m1/s1. The summed E-state index contributed by atoms with van der Waals surface area (Å²) in [7, 11) is -3.52. The summed E-state index contributed by atoms with van der Waals surface area (Å²) in [5.74, 6) is -0.651. The van der Waals surface area contributed by atoms with E-state index in [1.165, 1.54) is 19.1 Å². The van der Waals surface area contributed by atoms with E-state index in [2.05, 4.69) is 0 Å². The maximum Gasteiger partial charge on any atom is 0.340 e. The van der Waals surface area contributed by atoms with Gasteiger partial charge in [-0.25, -0.2) is 13.2 Å². The first-order chi connectivity index (χ1) is 12.6. The summed E-state index contributed by atoms with van der Waals surface area (Å²) in [4.78, 5) is 24.7. The van der Waals surface area contributed by atoms with Crippen LogP contribution in [0.4, 0.5) is 0 Å². The van der Waals surface area contributed by atoms with Gasteiger partial charge in [0.25, 0.3) is 0 Å². The van der Waals surface area contributed by atoms with Crippen molar-refractivity contribution in [3.05, 3.63) is 58.6 Å². The topological polar surface area (TPSA) is 86.7 Å². The Morgan fingerprint density at radius 3 is 2.30 bits per heavy atom. The lowest BCUT2D eigenvalue weighted by atomic mass is 10.1. The zero-order chi connectivity index (χ0) is 20.2. The molecule has 27 heavy (non-hydrogen) atoms. The fraction of sp³-hybridized carbons (Fsp3) is 0.263. The zero-order valence-electron chi connectivity index (χ0n) is 15.1. The van der Waals surface area contributed by atoms with Crippen molar-refractivity contribution in [2.45, 2.75) is 24.8 Å². The smallest absolute Gasteiger partial charge is 0.340 e. The fourth-order valence-electron chi connectivity index (χ4n) is 2.29. The molecule has 0 bridgehead atoms. The lowest BCUT2D eigenvalue weighted by molar-refractivity contribution is 0.0318. The molecule has 0 saturated carbocycles. The molecule has 144 valence electrons. The van der Waals surface area contributed by atoms with E-state index >= 15 is 0 Å². The molecule has 2 aromatic rings. The Kier molecular flexibility index (Phi) is 6.62. The van der Waals surface area contributed by atoms with Crippen LogP contribution >= 0.6 is 11.6 Å². The Hall–Kier alpha value is -2.38. The fourth-order valence-corrected chi connectivity index (χ4v) is 3.13. The Bertz CT molecular complexity index is 951. The Labute approximate surface area is 163 Å². The summed E-state index contributed by atoms with van der Waals surface area (Å²) in [6, 6.07) is 10.2.